The average Bonchev–Trinajstić information content (AvgIpc) is 2.19. The molecule has 0 heterocycles. The second-order valence-corrected chi connectivity index (χ2v) is 4.62. The molecule has 1 fully saturated rings. The first kappa shape index (κ1) is 12.0. The molecule has 1 atom stereocenters. The van der Waals surface area contributed by atoms with Gasteiger partial charge in [0.25, 0.3) is 0 Å². The van der Waals surface area contributed by atoms with E-state index in [-0.39, 0.29) is 0 Å². The highest BCUT2D eigenvalue weighted by molar-refractivity contribution is 4.90. The Hall–Kier alpha value is -0.120. The number of aliphatic hydroxyl groups is 1. The molecule has 3 N–H and O–H groups in total. The molecule has 0 aromatic heterocycles. The molecule has 0 radical (unpaired) electrons. The van der Waals surface area contributed by atoms with E-state index in [2.05, 4.69) is 6.92 Å². The van der Waals surface area contributed by atoms with E-state index in [0.717, 1.165) is 38.7 Å². The molecule has 1 saturated carbocycles. The highest BCUT2D eigenvalue weighted by Gasteiger charge is 2.36. The van der Waals surface area contributed by atoms with E-state index in [1.165, 1.54) is 0 Å². The normalized spacial score (nSPS) is 35.6. The van der Waals surface area contributed by atoms with Crippen molar-refractivity contribution in [2.24, 2.45) is 11.7 Å². The standard InChI is InChI=1S/C11H23NO2/c1-9(5-8-14-2)11(13)6-3-10(12)4-7-11/h9-10,13H,3-8,12H2,1-2H3. The van der Waals surface area contributed by atoms with E-state index < -0.39 is 5.60 Å². The minimum Gasteiger partial charge on any atom is -0.390 e. The van der Waals surface area contributed by atoms with E-state index in [4.69, 9.17) is 10.5 Å². The van der Waals surface area contributed by atoms with Crippen LogP contribution in [-0.4, -0.2) is 30.5 Å². The van der Waals surface area contributed by atoms with Crippen LogP contribution in [0.2, 0.25) is 0 Å². The Kier molecular flexibility index (Phi) is 4.35. The van der Waals surface area contributed by atoms with Crippen molar-refractivity contribution in [3.8, 4) is 0 Å². The van der Waals surface area contributed by atoms with Gasteiger partial charge in [-0.2, -0.15) is 0 Å². The summed E-state index contributed by atoms with van der Waals surface area (Å²) in [7, 11) is 1.70. The molecule has 0 saturated heterocycles. The van der Waals surface area contributed by atoms with Crippen LogP contribution >= 0.6 is 0 Å². The molecule has 0 aromatic carbocycles. The number of rotatable bonds is 4. The van der Waals surface area contributed by atoms with Crippen molar-refractivity contribution in [1.82, 2.24) is 0 Å². The first-order valence-corrected chi connectivity index (χ1v) is 5.55. The van der Waals surface area contributed by atoms with Gasteiger partial charge in [-0.15, -0.1) is 0 Å². The Morgan fingerprint density at radius 3 is 2.57 bits per heavy atom. The summed E-state index contributed by atoms with van der Waals surface area (Å²) in [6.45, 7) is 2.84. The van der Waals surface area contributed by atoms with Gasteiger partial charge in [-0.3, -0.25) is 0 Å². The molecule has 0 bridgehead atoms. The number of nitrogens with two attached hydrogens (primary N) is 1. The Morgan fingerprint density at radius 1 is 1.50 bits per heavy atom. The smallest absolute Gasteiger partial charge is 0.0675 e. The molecule has 1 aliphatic rings. The largest absolute Gasteiger partial charge is 0.390 e. The third-order valence-electron chi connectivity index (χ3n) is 3.57. The Bertz CT molecular complexity index is 165. The summed E-state index contributed by atoms with van der Waals surface area (Å²) in [5.74, 6) is 0.315. The minimum atomic E-state index is -0.492. The topological polar surface area (TPSA) is 55.5 Å². The van der Waals surface area contributed by atoms with E-state index in [1.807, 2.05) is 0 Å². The van der Waals surface area contributed by atoms with Crippen LogP contribution in [0.3, 0.4) is 0 Å². The van der Waals surface area contributed by atoms with Crippen LogP contribution in [0.15, 0.2) is 0 Å². The van der Waals surface area contributed by atoms with Crippen LogP contribution in [-0.2, 0) is 4.74 Å². The first-order valence-electron chi connectivity index (χ1n) is 5.55. The van der Waals surface area contributed by atoms with Crippen LogP contribution in [0, 0.1) is 5.92 Å². The van der Waals surface area contributed by atoms with E-state index in [1.54, 1.807) is 7.11 Å². The molecule has 1 unspecified atom stereocenters. The van der Waals surface area contributed by atoms with Crippen molar-refractivity contribution in [1.29, 1.82) is 0 Å². The quantitative estimate of drug-likeness (QED) is 0.720. The first-order chi connectivity index (χ1) is 6.58. The molecule has 0 spiro atoms. The van der Waals surface area contributed by atoms with Gasteiger partial charge in [-0.25, -0.2) is 0 Å². The number of ether oxygens (including phenoxy) is 1. The maximum absolute atomic E-state index is 10.4. The predicted octanol–water partition coefficient (Wildman–Crippen LogP) is 1.29. The molecular formula is C11H23NO2. The third-order valence-corrected chi connectivity index (χ3v) is 3.57. The lowest BCUT2D eigenvalue weighted by molar-refractivity contribution is -0.0543. The van der Waals surface area contributed by atoms with Gasteiger partial charge in [0, 0.05) is 19.8 Å². The number of hydrogen-bond acceptors (Lipinski definition) is 3. The van der Waals surface area contributed by atoms with Gasteiger partial charge in [0.15, 0.2) is 0 Å². The summed E-state index contributed by atoms with van der Waals surface area (Å²) < 4.78 is 5.03. The second-order valence-electron chi connectivity index (χ2n) is 4.62. The fraction of sp³-hybridized carbons (Fsp3) is 1.00. The fourth-order valence-electron chi connectivity index (χ4n) is 2.20. The summed E-state index contributed by atoms with van der Waals surface area (Å²) in [5, 5.41) is 10.4. The van der Waals surface area contributed by atoms with Crippen molar-refractivity contribution in [3.63, 3.8) is 0 Å². The number of methoxy groups -OCH3 is 1. The molecule has 3 heteroatoms. The number of hydrogen-bond donors (Lipinski definition) is 2. The lowest BCUT2D eigenvalue weighted by Crippen LogP contribution is -2.43. The van der Waals surface area contributed by atoms with Gasteiger partial charge in [-0.1, -0.05) is 6.92 Å². The van der Waals surface area contributed by atoms with Gasteiger partial charge in [0.05, 0.1) is 5.60 Å². The van der Waals surface area contributed by atoms with Gasteiger partial charge >= 0.3 is 0 Å². The molecule has 84 valence electrons. The van der Waals surface area contributed by atoms with Gasteiger partial charge in [-0.05, 0) is 38.0 Å². The molecule has 3 nitrogen and oxygen atoms in total. The third kappa shape index (κ3) is 2.94. The summed E-state index contributed by atoms with van der Waals surface area (Å²) in [6.07, 6.45) is 4.53. The highest BCUT2D eigenvalue weighted by Crippen LogP contribution is 2.35. The van der Waals surface area contributed by atoms with Gasteiger partial charge in [0.1, 0.15) is 0 Å². The highest BCUT2D eigenvalue weighted by atomic mass is 16.5. The zero-order valence-corrected chi connectivity index (χ0v) is 9.33. The van der Waals surface area contributed by atoms with Crippen LogP contribution in [0.4, 0.5) is 0 Å². The molecule has 14 heavy (non-hydrogen) atoms. The molecule has 0 aromatic rings. The fourth-order valence-corrected chi connectivity index (χ4v) is 2.20. The second kappa shape index (κ2) is 5.10. The van der Waals surface area contributed by atoms with E-state index in [9.17, 15) is 5.11 Å². The van der Waals surface area contributed by atoms with E-state index in [0.29, 0.717) is 12.0 Å². The lowest BCUT2D eigenvalue weighted by atomic mass is 9.74. The maximum Gasteiger partial charge on any atom is 0.0675 e. The molecule has 0 aliphatic heterocycles. The predicted molar refractivity (Wildman–Crippen MR) is 57.1 cm³/mol. The molecule has 1 rings (SSSR count). The molecule has 0 amide bonds. The monoisotopic (exact) mass is 201 g/mol. The Balaban J connectivity index is 2.40. The van der Waals surface area contributed by atoms with Crippen molar-refractivity contribution in [2.75, 3.05) is 13.7 Å². The summed E-state index contributed by atoms with van der Waals surface area (Å²) >= 11 is 0. The van der Waals surface area contributed by atoms with Crippen LogP contribution in [0.5, 0.6) is 0 Å². The summed E-state index contributed by atoms with van der Waals surface area (Å²) in [4.78, 5) is 0. The van der Waals surface area contributed by atoms with Crippen LogP contribution in [0.25, 0.3) is 0 Å². The lowest BCUT2D eigenvalue weighted by Gasteiger charge is -2.39. The Morgan fingerprint density at radius 2 is 2.07 bits per heavy atom. The van der Waals surface area contributed by atoms with E-state index >= 15 is 0 Å². The Labute approximate surface area is 86.6 Å². The zero-order valence-electron chi connectivity index (χ0n) is 9.33. The molecule has 1 aliphatic carbocycles. The van der Waals surface area contributed by atoms with Crippen molar-refractivity contribution in [2.45, 2.75) is 50.7 Å². The van der Waals surface area contributed by atoms with Gasteiger partial charge in [0.2, 0.25) is 0 Å². The average molecular weight is 201 g/mol. The van der Waals surface area contributed by atoms with Crippen LogP contribution in [0.1, 0.15) is 39.0 Å². The van der Waals surface area contributed by atoms with Gasteiger partial charge < -0.3 is 15.6 Å². The SMILES string of the molecule is COCCC(C)C1(O)CCC(N)CC1. The van der Waals surface area contributed by atoms with Crippen LogP contribution < -0.4 is 5.73 Å². The van der Waals surface area contributed by atoms with Crippen molar-refractivity contribution < 1.29 is 9.84 Å². The summed E-state index contributed by atoms with van der Waals surface area (Å²) in [5.41, 5.74) is 5.33. The minimum absolute atomic E-state index is 0.296. The summed E-state index contributed by atoms with van der Waals surface area (Å²) in [6, 6.07) is 0.296. The zero-order chi connectivity index (χ0) is 10.6. The molecular weight excluding hydrogens is 178 g/mol. The maximum atomic E-state index is 10.4. The van der Waals surface area contributed by atoms with Crippen molar-refractivity contribution >= 4 is 0 Å². The van der Waals surface area contributed by atoms with Crippen molar-refractivity contribution in [3.05, 3.63) is 0 Å².